The van der Waals surface area contributed by atoms with Gasteiger partial charge in [-0.2, -0.15) is 11.8 Å². The van der Waals surface area contributed by atoms with E-state index >= 15 is 0 Å². The van der Waals surface area contributed by atoms with Crippen LogP contribution in [0.25, 0.3) is 0 Å². The smallest absolute Gasteiger partial charge is 0.242 e. The van der Waals surface area contributed by atoms with Gasteiger partial charge in [0.05, 0.1) is 5.02 Å². The quantitative estimate of drug-likeness (QED) is 0.856. The molecule has 2 rings (SSSR count). The van der Waals surface area contributed by atoms with E-state index in [-0.39, 0.29) is 15.1 Å². The van der Waals surface area contributed by atoms with Crippen LogP contribution < -0.4 is 4.72 Å². The Bertz CT molecular complexity index is 546. The van der Waals surface area contributed by atoms with Crippen molar-refractivity contribution in [2.75, 3.05) is 18.1 Å². The molecule has 0 aromatic carbocycles. The molecule has 1 aliphatic rings. The van der Waals surface area contributed by atoms with Gasteiger partial charge >= 0.3 is 0 Å². The zero-order valence-electron chi connectivity index (χ0n) is 10.1. The first-order valence-electron chi connectivity index (χ1n) is 5.87. The maximum absolute atomic E-state index is 12.1. The number of hydrogen-bond donors (Lipinski definition) is 1. The summed E-state index contributed by atoms with van der Waals surface area (Å²) in [5.41, 5.74) is 0. The summed E-state index contributed by atoms with van der Waals surface area (Å²) in [5, 5.41) is 0.239. The second kappa shape index (κ2) is 6.63. The van der Waals surface area contributed by atoms with Gasteiger partial charge in [-0.25, -0.2) is 18.1 Å². The maximum atomic E-state index is 12.1. The lowest BCUT2D eigenvalue weighted by molar-refractivity contribution is 0.476. The minimum absolute atomic E-state index is 0.0482. The zero-order chi connectivity index (χ0) is 13.9. The van der Waals surface area contributed by atoms with Crippen LogP contribution in [0.1, 0.15) is 12.8 Å². The molecule has 0 radical (unpaired) electrons. The summed E-state index contributed by atoms with van der Waals surface area (Å²) in [6, 6.07) is 1.32. The van der Waals surface area contributed by atoms with E-state index in [4.69, 9.17) is 23.2 Å². The van der Waals surface area contributed by atoms with Crippen molar-refractivity contribution in [3.63, 3.8) is 0 Å². The van der Waals surface area contributed by atoms with E-state index in [2.05, 4.69) is 9.71 Å². The molecule has 0 atom stereocenters. The second-order valence-electron chi connectivity index (χ2n) is 4.35. The van der Waals surface area contributed by atoms with E-state index in [9.17, 15) is 8.42 Å². The summed E-state index contributed by atoms with van der Waals surface area (Å²) in [7, 11) is -3.56. The molecular formula is C11H14Cl2N2O2S2. The van der Waals surface area contributed by atoms with Gasteiger partial charge in [0.2, 0.25) is 10.0 Å². The van der Waals surface area contributed by atoms with Gasteiger partial charge in [-0.3, -0.25) is 0 Å². The molecule has 2 heterocycles. The van der Waals surface area contributed by atoms with Gasteiger partial charge in [-0.1, -0.05) is 23.2 Å². The average molecular weight is 341 g/mol. The molecule has 1 N–H and O–H groups in total. The molecule has 0 aliphatic carbocycles. The molecule has 0 unspecified atom stereocenters. The summed E-state index contributed by atoms with van der Waals surface area (Å²) in [6.45, 7) is 0.461. The highest BCUT2D eigenvalue weighted by molar-refractivity contribution is 7.99. The number of nitrogens with zero attached hydrogens (tertiary/aromatic N) is 1. The van der Waals surface area contributed by atoms with Crippen LogP contribution in [0.4, 0.5) is 0 Å². The molecule has 0 spiro atoms. The van der Waals surface area contributed by atoms with Crippen molar-refractivity contribution in [2.45, 2.75) is 17.7 Å². The van der Waals surface area contributed by atoms with Crippen molar-refractivity contribution in [3.05, 3.63) is 22.4 Å². The third-order valence-corrected chi connectivity index (χ3v) is 6.11. The summed E-state index contributed by atoms with van der Waals surface area (Å²) in [6.07, 6.45) is 3.31. The predicted molar refractivity (Wildman–Crippen MR) is 79.5 cm³/mol. The molecule has 4 nitrogen and oxygen atoms in total. The lowest BCUT2D eigenvalue weighted by Crippen LogP contribution is -2.31. The van der Waals surface area contributed by atoms with Crippen LogP contribution in [0.5, 0.6) is 0 Å². The third-order valence-electron chi connectivity index (χ3n) is 2.98. The van der Waals surface area contributed by atoms with Gasteiger partial charge in [-0.15, -0.1) is 0 Å². The van der Waals surface area contributed by atoms with Crippen molar-refractivity contribution >= 4 is 45.0 Å². The molecule has 0 amide bonds. The van der Waals surface area contributed by atoms with Crippen LogP contribution in [-0.2, 0) is 10.0 Å². The minimum Gasteiger partial charge on any atom is -0.242 e. The fourth-order valence-corrected chi connectivity index (χ4v) is 4.44. The number of pyridine rings is 1. The summed E-state index contributed by atoms with van der Waals surface area (Å²) in [5.74, 6) is 2.60. The van der Waals surface area contributed by atoms with Crippen LogP contribution in [0, 0.1) is 5.92 Å². The molecular weight excluding hydrogens is 327 g/mol. The zero-order valence-corrected chi connectivity index (χ0v) is 13.2. The van der Waals surface area contributed by atoms with E-state index < -0.39 is 10.0 Å². The Kier molecular flexibility index (Phi) is 5.37. The molecule has 106 valence electrons. The molecule has 1 aliphatic heterocycles. The van der Waals surface area contributed by atoms with Crippen LogP contribution in [0.2, 0.25) is 10.2 Å². The van der Waals surface area contributed by atoms with Gasteiger partial charge in [-0.05, 0) is 36.3 Å². The average Bonchev–Trinajstić information content (AvgIpc) is 2.41. The highest BCUT2D eigenvalue weighted by Gasteiger charge is 2.20. The predicted octanol–water partition coefficient (Wildman–Crippen LogP) is 2.81. The molecule has 1 aromatic heterocycles. The summed E-state index contributed by atoms with van der Waals surface area (Å²) < 4.78 is 26.8. The lowest BCUT2D eigenvalue weighted by Gasteiger charge is -2.21. The Morgan fingerprint density at radius 2 is 2.05 bits per heavy atom. The normalized spacial score (nSPS) is 17.6. The highest BCUT2D eigenvalue weighted by Crippen LogP contribution is 2.24. The minimum atomic E-state index is -3.56. The number of sulfonamides is 1. The Balaban J connectivity index is 2.02. The van der Waals surface area contributed by atoms with Gasteiger partial charge in [0.1, 0.15) is 10.0 Å². The van der Waals surface area contributed by atoms with Gasteiger partial charge < -0.3 is 0 Å². The van der Waals surface area contributed by atoms with E-state index in [1.807, 2.05) is 11.8 Å². The fourth-order valence-electron chi connectivity index (χ4n) is 1.81. The van der Waals surface area contributed by atoms with Crippen LogP contribution in [-0.4, -0.2) is 31.5 Å². The fraction of sp³-hybridized carbons (Fsp3) is 0.545. The number of halogens is 2. The van der Waals surface area contributed by atoms with Crippen molar-refractivity contribution in [3.8, 4) is 0 Å². The van der Waals surface area contributed by atoms with Gasteiger partial charge in [0.15, 0.2) is 0 Å². The van der Waals surface area contributed by atoms with Crippen molar-refractivity contribution in [1.29, 1.82) is 0 Å². The van der Waals surface area contributed by atoms with E-state index in [1.165, 1.54) is 12.3 Å². The molecule has 1 fully saturated rings. The van der Waals surface area contributed by atoms with Gasteiger partial charge in [0, 0.05) is 12.7 Å². The van der Waals surface area contributed by atoms with Crippen LogP contribution in [0.15, 0.2) is 17.2 Å². The van der Waals surface area contributed by atoms with Crippen LogP contribution >= 0.6 is 35.0 Å². The van der Waals surface area contributed by atoms with Gasteiger partial charge in [0.25, 0.3) is 0 Å². The van der Waals surface area contributed by atoms with E-state index in [1.54, 1.807) is 0 Å². The first kappa shape index (κ1) is 15.4. The largest absolute Gasteiger partial charge is 0.242 e. The van der Waals surface area contributed by atoms with Crippen molar-refractivity contribution in [2.24, 2.45) is 5.92 Å². The topological polar surface area (TPSA) is 59.1 Å². The number of rotatable bonds is 4. The Morgan fingerprint density at radius 1 is 1.37 bits per heavy atom. The number of aromatic nitrogens is 1. The second-order valence-corrected chi connectivity index (χ2v) is 8.11. The standard InChI is InChI=1S/C11H14Cl2N2O2S2/c12-10-5-9(7-14-11(10)13)19(16,17)15-6-8-1-3-18-4-2-8/h5,7-8,15H,1-4,6H2. The van der Waals surface area contributed by atoms with E-state index in [0.29, 0.717) is 12.5 Å². The first-order valence-corrected chi connectivity index (χ1v) is 9.27. The number of thioether (sulfide) groups is 1. The monoisotopic (exact) mass is 340 g/mol. The number of hydrogen-bond acceptors (Lipinski definition) is 4. The molecule has 0 bridgehead atoms. The Morgan fingerprint density at radius 3 is 2.68 bits per heavy atom. The third kappa shape index (κ3) is 4.23. The molecule has 1 aromatic rings. The highest BCUT2D eigenvalue weighted by atomic mass is 35.5. The molecule has 19 heavy (non-hydrogen) atoms. The Labute approximate surface area is 127 Å². The SMILES string of the molecule is O=S(=O)(NCC1CCSCC1)c1cnc(Cl)c(Cl)c1. The van der Waals surface area contributed by atoms with Crippen molar-refractivity contribution in [1.82, 2.24) is 9.71 Å². The lowest BCUT2D eigenvalue weighted by atomic mass is 10.0. The molecule has 0 saturated carbocycles. The summed E-state index contributed by atoms with van der Waals surface area (Å²) >= 11 is 13.4. The first-order chi connectivity index (χ1) is 8.99. The van der Waals surface area contributed by atoms with E-state index in [0.717, 1.165) is 24.3 Å². The van der Waals surface area contributed by atoms with Crippen LogP contribution in [0.3, 0.4) is 0 Å². The summed E-state index contributed by atoms with van der Waals surface area (Å²) in [4.78, 5) is 3.80. The maximum Gasteiger partial charge on any atom is 0.242 e. The molecule has 1 saturated heterocycles. The number of nitrogens with one attached hydrogen (secondary N) is 1. The molecule has 8 heteroatoms. The van der Waals surface area contributed by atoms with Crippen molar-refractivity contribution < 1.29 is 8.42 Å². The Hall–Kier alpha value is -0.0100.